The van der Waals surface area contributed by atoms with Crippen LogP contribution in [-0.4, -0.2) is 42.4 Å². The van der Waals surface area contributed by atoms with Gasteiger partial charge >= 0.3 is 5.95 Å². The Morgan fingerprint density at radius 1 is 0.548 bits per heavy atom. The molecule has 0 amide bonds. The fraction of sp³-hybridized carbons (Fsp3) is 0.120. The van der Waals surface area contributed by atoms with E-state index in [1.807, 2.05) is 60.8 Å². The van der Waals surface area contributed by atoms with E-state index in [0.29, 0.717) is 0 Å². The fourth-order valence-electron chi connectivity index (χ4n) is 10.1. The van der Waals surface area contributed by atoms with Crippen molar-refractivity contribution in [3.05, 3.63) is 175 Å². The van der Waals surface area contributed by atoms with Gasteiger partial charge in [0.05, 0.1) is 18.9 Å². The molecule has 10 heterocycles. The van der Waals surface area contributed by atoms with Crippen LogP contribution in [0.4, 0.5) is 0 Å². The SMILES string of the molecule is Cn1ccnc1-n1c2[c-]cccc2c2ccccc21.[Ir].[Ir].[c-]1cccc2c3cccc4c3n(c12)-c1nccn1CC4.c1cc2c3c(c1)c1cncc4c1n3-c1n(cc[n+]1C2)CC4. The molecule has 2 radical (unpaired) electrons. The van der Waals surface area contributed by atoms with E-state index in [1.54, 1.807) is 0 Å². The number of rotatable bonds is 1. The van der Waals surface area contributed by atoms with Gasteiger partial charge in [-0.25, -0.2) is 19.1 Å². The van der Waals surface area contributed by atoms with Gasteiger partial charge in [0.15, 0.2) is 0 Å². The van der Waals surface area contributed by atoms with Gasteiger partial charge in [0.25, 0.3) is 0 Å². The summed E-state index contributed by atoms with van der Waals surface area (Å²) in [5.41, 5.74) is 11.5. The van der Waals surface area contributed by atoms with Gasteiger partial charge in [-0.2, -0.15) is 53.1 Å². The molecule has 10 nitrogen and oxygen atoms in total. The number of para-hydroxylation sites is 5. The zero-order chi connectivity index (χ0) is 39.5. The van der Waals surface area contributed by atoms with Crippen molar-refractivity contribution in [1.82, 2.24) is 42.4 Å². The first kappa shape index (κ1) is 38.5. The van der Waals surface area contributed by atoms with Gasteiger partial charge in [-0.1, -0.05) is 65.6 Å². The number of benzene rings is 5. The van der Waals surface area contributed by atoms with Gasteiger partial charge in [0, 0.05) is 130 Å². The standard InChI is InChI=1S/C17H13N4.C17H12N3.C16H12N3.2Ir/c1-2-12-10-20-7-6-19-5-4-11-8-18-9-14-13(3-1)16(12)21(15(11)14)17(19)20;1-2-7-15-13(5-1)14-6-3-4-12-8-10-19-11-9-18-17(19)20(15)16(12)14;1-18-11-10-17-16(18)19-14-8-4-2-6-12(14)13-7-3-5-9-15(13)19;;/h1-3,6-9H,4-5,10H2;1-6,9,11H,8,10H2;2-8,10-11H,1H3;;/q+1;2*-1;;. The molecule has 0 saturated carbocycles. The van der Waals surface area contributed by atoms with Crippen LogP contribution < -0.4 is 4.57 Å². The Morgan fingerprint density at radius 2 is 1.19 bits per heavy atom. The quantitative estimate of drug-likeness (QED) is 0.122. The molecule has 62 heavy (non-hydrogen) atoms. The van der Waals surface area contributed by atoms with E-state index < -0.39 is 0 Å². The molecule has 12 heteroatoms. The molecule has 5 aromatic carbocycles. The molecule has 0 fully saturated rings. The molecule has 0 spiro atoms. The average Bonchev–Trinajstić information content (AvgIpc) is 4.15. The van der Waals surface area contributed by atoms with E-state index in [4.69, 9.17) is 0 Å². The third kappa shape index (κ3) is 5.54. The number of pyridine rings is 1. The van der Waals surface area contributed by atoms with Crippen molar-refractivity contribution in [2.75, 3.05) is 0 Å². The van der Waals surface area contributed by atoms with Gasteiger partial charge in [0.2, 0.25) is 11.9 Å². The Morgan fingerprint density at radius 3 is 2.02 bits per heavy atom. The number of aryl methyl sites for hydroxylation is 5. The first-order chi connectivity index (χ1) is 29.7. The summed E-state index contributed by atoms with van der Waals surface area (Å²) in [6.07, 6.45) is 18.3. The third-order valence-electron chi connectivity index (χ3n) is 12.6. The number of hydrogen-bond acceptors (Lipinski definition) is 3. The normalized spacial score (nSPS) is 13.0. The molecule has 0 aliphatic carbocycles. The summed E-state index contributed by atoms with van der Waals surface area (Å²) in [5.74, 6) is 3.20. The van der Waals surface area contributed by atoms with Crippen LogP contribution in [0, 0.1) is 12.1 Å². The van der Waals surface area contributed by atoms with Crippen LogP contribution in [0.5, 0.6) is 0 Å². The molecule has 0 atom stereocenters. The Balaban J connectivity index is 0.000000103. The van der Waals surface area contributed by atoms with Crippen LogP contribution in [0.1, 0.15) is 16.7 Å². The minimum absolute atomic E-state index is 0. The van der Waals surface area contributed by atoms with Crippen molar-refractivity contribution < 1.29 is 44.8 Å². The van der Waals surface area contributed by atoms with Gasteiger partial charge in [-0.15, -0.1) is 10.8 Å². The Kier molecular flexibility index (Phi) is 9.25. The molecular weight excluding hydrogens is 1130 g/mol. The Labute approximate surface area is 383 Å². The van der Waals surface area contributed by atoms with E-state index in [0.717, 1.165) is 60.9 Å². The van der Waals surface area contributed by atoms with Gasteiger partial charge in [-0.05, 0) is 28.8 Å². The number of aromatic nitrogens is 10. The number of nitrogens with zero attached hydrogens (tertiary/aromatic N) is 10. The molecule has 7 aromatic heterocycles. The fourth-order valence-corrected chi connectivity index (χ4v) is 10.1. The van der Waals surface area contributed by atoms with E-state index in [1.165, 1.54) is 71.5 Å². The van der Waals surface area contributed by atoms with Gasteiger partial charge in [0.1, 0.15) is 17.6 Å². The minimum Gasteiger partial charge on any atom is -0.320 e. The molecule has 0 bridgehead atoms. The third-order valence-corrected chi connectivity index (χ3v) is 12.6. The summed E-state index contributed by atoms with van der Waals surface area (Å²) < 4.78 is 15.8. The summed E-state index contributed by atoms with van der Waals surface area (Å²) in [4.78, 5) is 13.5. The maximum Gasteiger partial charge on any atom is 0.370 e. The predicted octanol–water partition coefficient (Wildman–Crippen LogP) is 8.83. The smallest absolute Gasteiger partial charge is 0.320 e. The number of fused-ring (bicyclic) bond motifs is 9. The van der Waals surface area contributed by atoms with Crippen LogP contribution in [0.25, 0.3) is 83.3 Å². The second-order valence-corrected chi connectivity index (χ2v) is 15.9. The van der Waals surface area contributed by atoms with Gasteiger partial charge < -0.3 is 18.3 Å². The average molecular weight is 1160 g/mol. The maximum atomic E-state index is 4.57. The van der Waals surface area contributed by atoms with E-state index >= 15 is 0 Å². The van der Waals surface area contributed by atoms with Crippen molar-refractivity contribution in [2.24, 2.45) is 7.05 Å². The van der Waals surface area contributed by atoms with Crippen LogP contribution in [0.15, 0.2) is 147 Å². The van der Waals surface area contributed by atoms with Gasteiger partial charge in [-0.3, -0.25) is 4.98 Å². The zero-order valence-corrected chi connectivity index (χ0v) is 38.3. The molecule has 0 saturated heterocycles. The Bertz CT molecular complexity index is 3630. The Hall–Kier alpha value is -6.42. The summed E-state index contributed by atoms with van der Waals surface area (Å²) >= 11 is 0. The maximum absolute atomic E-state index is 4.57. The molecule has 306 valence electrons. The van der Waals surface area contributed by atoms with Crippen molar-refractivity contribution in [2.45, 2.75) is 32.5 Å². The summed E-state index contributed by atoms with van der Waals surface area (Å²) in [5, 5.41) is 7.61. The molecule has 15 rings (SSSR count). The molecule has 0 unspecified atom stereocenters. The van der Waals surface area contributed by atoms with Crippen molar-refractivity contribution in [3.63, 3.8) is 0 Å². The molecular formula is C50H37Ir2N10-. The first-order valence-electron chi connectivity index (χ1n) is 20.5. The van der Waals surface area contributed by atoms with E-state index in [-0.39, 0.29) is 40.2 Å². The molecule has 0 N–H and O–H groups in total. The van der Waals surface area contributed by atoms with Crippen LogP contribution in [0.2, 0.25) is 0 Å². The van der Waals surface area contributed by atoms with Crippen molar-refractivity contribution in [3.8, 4) is 17.8 Å². The second kappa shape index (κ2) is 14.9. The largest absolute Gasteiger partial charge is 0.370 e. The minimum atomic E-state index is 0. The summed E-state index contributed by atoms with van der Waals surface area (Å²) in [6, 6.07) is 40.6. The monoisotopic (exact) mass is 1160 g/mol. The van der Waals surface area contributed by atoms with E-state index in [9.17, 15) is 0 Å². The molecule has 3 aliphatic rings. The molecule has 3 aliphatic heterocycles. The topological polar surface area (TPSA) is 72.1 Å². The zero-order valence-electron chi connectivity index (χ0n) is 33.5. The number of hydrogen-bond donors (Lipinski definition) is 0. The van der Waals surface area contributed by atoms with Crippen LogP contribution in [0.3, 0.4) is 0 Å². The molecule has 12 aromatic rings. The van der Waals surface area contributed by atoms with Crippen LogP contribution in [-0.2, 0) is 79.7 Å². The summed E-state index contributed by atoms with van der Waals surface area (Å²) in [7, 11) is 2.01. The summed E-state index contributed by atoms with van der Waals surface area (Å²) in [6.45, 7) is 2.96. The van der Waals surface area contributed by atoms with Crippen molar-refractivity contribution >= 4 is 65.4 Å². The van der Waals surface area contributed by atoms with E-state index in [2.05, 4.69) is 152 Å². The number of imidazole rings is 3. The second-order valence-electron chi connectivity index (χ2n) is 15.9. The van der Waals surface area contributed by atoms with Crippen molar-refractivity contribution in [1.29, 1.82) is 0 Å². The van der Waals surface area contributed by atoms with Crippen LogP contribution >= 0.6 is 0 Å². The first-order valence-corrected chi connectivity index (χ1v) is 20.5. The predicted molar refractivity (Wildman–Crippen MR) is 235 cm³/mol.